The van der Waals surface area contributed by atoms with Crippen molar-refractivity contribution in [3.8, 4) is 0 Å². The molecule has 2 rings (SSSR count). The number of rotatable bonds is 2. The summed E-state index contributed by atoms with van der Waals surface area (Å²) in [6.07, 6.45) is -0.105. The van der Waals surface area contributed by atoms with E-state index in [0.29, 0.717) is 17.6 Å². The fraction of sp³-hybridized carbons (Fsp3) is 0.455. The monoisotopic (exact) mass is 293 g/mol. The topological polar surface area (TPSA) is 3.24 Å². The SMILES string of the molecule is Fc1cc(CN2CCC(F)(F)C2)ccc1Br. The molecule has 0 radical (unpaired) electrons. The van der Waals surface area contributed by atoms with Crippen LogP contribution in [0.25, 0.3) is 0 Å². The van der Waals surface area contributed by atoms with Gasteiger partial charge in [-0.2, -0.15) is 0 Å². The first kappa shape index (κ1) is 11.9. The van der Waals surface area contributed by atoms with Gasteiger partial charge in [0.15, 0.2) is 0 Å². The third-order valence-electron chi connectivity index (χ3n) is 2.64. The molecule has 0 aromatic heterocycles. The van der Waals surface area contributed by atoms with E-state index in [4.69, 9.17) is 0 Å². The van der Waals surface area contributed by atoms with Crippen molar-refractivity contribution < 1.29 is 13.2 Å². The number of nitrogens with zero attached hydrogens (tertiary/aromatic N) is 1. The first-order chi connectivity index (χ1) is 7.46. The van der Waals surface area contributed by atoms with E-state index in [-0.39, 0.29) is 18.8 Å². The van der Waals surface area contributed by atoms with Gasteiger partial charge in [0, 0.05) is 19.5 Å². The van der Waals surface area contributed by atoms with E-state index in [9.17, 15) is 13.2 Å². The maximum atomic E-state index is 13.2. The van der Waals surface area contributed by atoms with Crippen LogP contribution in [0.1, 0.15) is 12.0 Å². The maximum Gasteiger partial charge on any atom is 0.261 e. The molecule has 1 heterocycles. The van der Waals surface area contributed by atoms with Crippen LogP contribution in [-0.4, -0.2) is 23.9 Å². The van der Waals surface area contributed by atoms with Gasteiger partial charge < -0.3 is 0 Å². The normalized spacial score (nSPS) is 20.2. The van der Waals surface area contributed by atoms with Crippen molar-refractivity contribution in [3.05, 3.63) is 34.1 Å². The average Bonchev–Trinajstić information content (AvgIpc) is 2.52. The zero-order chi connectivity index (χ0) is 11.8. The Labute approximate surface area is 100 Å². The van der Waals surface area contributed by atoms with E-state index >= 15 is 0 Å². The summed E-state index contributed by atoms with van der Waals surface area (Å²) in [4.78, 5) is 1.64. The highest BCUT2D eigenvalue weighted by atomic mass is 79.9. The summed E-state index contributed by atoms with van der Waals surface area (Å²) in [5.74, 6) is -2.95. The minimum absolute atomic E-state index is 0.105. The summed E-state index contributed by atoms with van der Waals surface area (Å²) in [6, 6.07) is 4.71. The lowest BCUT2D eigenvalue weighted by Crippen LogP contribution is -2.24. The van der Waals surface area contributed by atoms with Gasteiger partial charge in [-0.3, -0.25) is 4.90 Å². The Morgan fingerprint density at radius 1 is 1.38 bits per heavy atom. The van der Waals surface area contributed by atoms with Crippen LogP contribution in [0, 0.1) is 5.82 Å². The quantitative estimate of drug-likeness (QED) is 0.807. The molecule has 0 spiro atoms. The second-order valence-corrected chi connectivity index (χ2v) is 4.92. The fourth-order valence-electron chi connectivity index (χ4n) is 1.84. The van der Waals surface area contributed by atoms with E-state index in [0.717, 1.165) is 5.56 Å². The molecule has 5 heteroatoms. The molecule has 1 nitrogen and oxygen atoms in total. The van der Waals surface area contributed by atoms with Gasteiger partial charge >= 0.3 is 0 Å². The summed E-state index contributed by atoms with van der Waals surface area (Å²) < 4.78 is 39.4. The summed E-state index contributed by atoms with van der Waals surface area (Å²) >= 11 is 3.05. The average molecular weight is 294 g/mol. The summed E-state index contributed by atoms with van der Waals surface area (Å²) in [6.45, 7) is 0.509. The second-order valence-electron chi connectivity index (χ2n) is 4.07. The number of alkyl halides is 2. The smallest absolute Gasteiger partial charge is 0.261 e. The maximum absolute atomic E-state index is 13.2. The molecule has 0 aliphatic carbocycles. The van der Waals surface area contributed by atoms with Gasteiger partial charge in [0.05, 0.1) is 11.0 Å². The molecule has 0 N–H and O–H groups in total. The highest BCUT2D eigenvalue weighted by molar-refractivity contribution is 9.10. The molecule has 1 fully saturated rings. The van der Waals surface area contributed by atoms with Gasteiger partial charge in [-0.15, -0.1) is 0 Å². The number of hydrogen-bond donors (Lipinski definition) is 0. The number of likely N-dealkylation sites (tertiary alicyclic amines) is 1. The van der Waals surface area contributed by atoms with E-state index < -0.39 is 5.92 Å². The van der Waals surface area contributed by atoms with Gasteiger partial charge in [0.2, 0.25) is 0 Å². The Morgan fingerprint density at radius 3 is 2.69 bits per heavy atom. The standard InChI is InChI=1S/C11H11BrF3N/c12-9-2-1-8(5-10(9)13)6-16-4-3-11(14,15)7-16/h1-2,5H,3-4,6-7H2. The van der Waals surface area contributed by atoms with Crippen LogP contribution in [0.2, 0.25) is 0 Å². The Kier molecular flexibility index (Phi) is 3.26. The van der Waals surface area contributed by atoms with Crippen LogP contribution in [0.5, 0.6) is 0 Å². The molecule has 1 aliphatic heterocycles. The van der Waals surface area contributed by atoms with Gasteiger partial charge in [-0.1, -0.05) is 6.07 Å². The van der Waals surface area contributed by atoms with Crippen molar-refractivity contribution in [3.63, 3.8) is 0 Å². The highest BCUT2D eigenvalue weighted by Gasteiger charge is 2.37. The van der Waals surface area contributed by atoms with Gasteiger partial charge in [-0.25, -0.2) is 13.2 Å². The predicted octanol–water partition coefficient (Wildman–Crippen LogP) is 3.43. The fourth-order valence-corrected chi connectivity index (χ4v) is 2.08. The summed E-state index contributed by atoms with van der Waals surface area (Å²) in [7, 11) is 0. The Balaban J connectivity index is 2.02. The molecular weight excluding hydrogens is 283 g/mol. The predicted molar refractivity (Wildman–Crippen MR) is 58.9 cm³/mol. The molecule has 1 aromatic carbocycles. The first-order valence-electron chi connectivity index (χ1n) is 5.00. The van der Waals surface area contributed by atoms with Crippen molar-refractivity contribution in [2.75, 3.05) is 13.1 Å². The van der Waals surface area contributed by atoms with Crippen molar-refractivity contribution in [2.45, 2.75) is 18.9 Å². The van der Waals surface area contributed by atoms with Crippen molar-refractivity contribution in [2.24, 2.45) is 0 Å². The molecule has 1 aliphatic rings. The third-order valence-corrected chi connectivity index (χ3v) is 3.28. The van der Waals surface area contributed by atoms with E-state index in [1.807, 2.05) is 0 Å². The van der Waals surface area contributed by atoms with Crippen LogP contribution in [0.3, 0.4) is 0 Å². The number of benzene rings is 1. The first-order valence-corrected chi connectivity index (χ1v) is 5.80. The summed E-state index contributed by atoms with van der Waals surface area (Å²) in [5.41, 5.74) is 0.721. The van der Waals surface area contributed by atoms with Gasteiger partial charge in [0.25, 0.3) is 5.92 Å². The van der Waals surface area contributed by atoms with Crippen molar-refractivity contribution >= 4 is 15.9 Å². The zero-order valence-electron chi connectivity index (χ0n) is 8.52. The molecule has 16 heavy (non-hydrogen) atoms. The summed E-state index contributed by atoms with van der Waals surface area (Å²) in [5, 5.41) is 0. The largest absolute Gasteiger partial charge is 0.293 e. The van der Waals surface area contributed by atoms with Crippen LogP contribution in [0.15, 0.2) is 22.7 Å². The lowest BCUT2D eigenvalue weighted by Gasteiger charge is -2.15. The van der Waals surface area contributed by atoms with Gasteiger partial charge in [0.1, 0.15) is 5.82 Å². The molecule has 1 saturated heterocycles. The lowest BCUT2D eigenvalue weighted by atomic mass is 10.2. The van der Waals surface area contributed by atoms with Crippen molar-refractivity contribution in [1.82, 2.24) is 4.90 Å². The number of hydrogen-bond acceptors (Lipinski definition) is 1. The number of halogens is 4. The Morgan fingerprint density at radius 2 is 2.12 bits per heavy atom. The lowest BCUT2D eigenvalue weighted by molar-refractivity contribution is 0.0115. The molecule has 0 atom stereocenters. The van der Waals surface area contributed by atoms with E-state index in [2.05, 4.69) is 15.9 Å². The molecule has 0 amide bonds. The zero-order valence-corrected chi connectivity index (χ0v) is 10.1. The van der Waals surface area contributed by atoms with Crippen LogP contribution >= 0.6 is 15.9 Å². The molecule has 0 saturated carbocycles. The van der Waals surface area contributed by atoms with Crippen LogP contribution < -0.4 is 0 Å². The second kappa shape index (κ2) is 4.37. The third kappa shape index (κ3) is 2.77. The highest BCUT2D eigenvalue weighted by Crippen LogP contribution is 2.28. The van der Waals surface area contributed by atoms with E-state index in [1.165, 1.54) is 6.07 Å². The molecular formula is C11H11BrF3N. The van der Waals surface area contributed by atoms with Crippen molar-refractivity contribution in [1.29, 1.82) is 0 Å². The molecule has 0 unspecified atom stereocenters. The van der Waals surface area contributed by atoms with Crippen LogP contribution in [0.4, 0.5) is 13.2 Å². The Bertz CT molecular complexity index is 395. The van der Waals surface area contributed by atoms with Gasteiger partial charge in [-0.05, 0) is 33.6 Å². The molecule has 0 bridgehead atoms. The minimum Gasteiger partial charge on any atom is -0.293 e. The van der Waals surface area contributed by atoms with Crippen LogP contribution in [-0.2, 0) is 6.54 Å². The minimum atomic E-state index is -2.59. The molecule has 88 valence electrons. The molecule has 1 aromatic rings. The Hall–Kier alpha value is -0.550. The van der Waals surface area contributed by atoms with E-state index in [1.54, 1.807) is 17.0 Å².